The van der Waals surface area contributed by atoms with Gasteiger partial charge in [-0.1, -0.05) is 24.6 Å². The molecular weight excluding hydrogens is 230 g/mol. The molecule has 0 saturated heterocycles. The Morgan fingerprint density at radius 2 is 2.18 bits per heavy atom. The second-order valence-corrected chi connectivity index (χ2v) is 5.72. The summed E-state index contributed by atoms with van der Waals surface area (Å²) in [6.07, 6.45) is 2.53. The minimum Gasteiger partial charge on any atom is -0.389 e. The van der Waals surface area contributed by atoms with Crippen molar-refractivity contribution in [2.45, 2.75) is 43.6 Å². The fraction of sp³-hybridized carbons (Fsp3) is 0.571. The molecule has 0 radical (unpaired) electrons. The Morgan fingerprint density at radius 3 is 2.76 bits per heavy atom. The Bertz CT molecular complexity index is 337. The molecule has 0 aliphatic carbocycles. The van der Waals surface area contributed by atoms with Crippen molar-refractivity contribution in [2.75, 3.05) is 12.3 Å². The SMILES string of the molecule is CCC(O)(CN)CCCSc1cccc(C)c1. The molecule has 3 heteroatoms. The number of hydrogen-bond donors (Lipinski definition) is 2. The summed E-state index contributed by atoms with van der Waals surface area (Å²) in [7, 11) is 0. The summed E-state index contributed by atoms with van der Waals surface area (Å²) in [6.45, 7) is 4.45. The summed E-state index contributed by atoms with van der Waals surface area (Å²) in [5.74, 6) is 1.03. The van der Waals surface area contributed by atoms with Gasteiger partial charge in [0.2, 0.25) is 0 Å². The molecule has 0 aliphatic rings. The van der Waals surface area contributed by atoms with E-state index >= 15 is 0 Å². The average Bonchev–Trinajstić information content (AvgIpc) is 2.34. The second kappa shape index (κ2) is 7.04. The first-order valence-corrected chi connectivity index (χ1v) is 7.20. The zero-order chi connectivity index (χ0) is 12.7. The molecule has 1 aromatic carbocycles. The molecule has 0 heterocycles. The molecule has 17 heavy (non-hydrogen) atoms. The van der Waals surface area contributed by atoms with Gasteiger partial charge in [-0.2, -0.15) is 0 Å². The maximum absolute atomic E-state index is 10.0. The van der Waals surface area contributed by atoms with Crippen LogP contribution in [0.3, 0.4) is 0 Å². The van der Waals surface area contributed by atoms with Gasteiger partial charge in [-0.25, -0.2) is 0 Å². The van der Waals surface area contributed by atoms with Gasteiger partial charge >= 0.3 is 0 Å². The van der Waals surface area contributed by atoms with Gasteiger partial charge in [0.25, 0.3) is 0 Å². The standard InChI is InChI=1S/C14H23NOS/c1-3-14(16,11-15)8-5-9-17-13-7-4-6-12(2)10-13/h4,6-7,10,16H,3,5,8-9,11,15H2,1-2H3. The number of hydrogen-bond acceptors (Lipinski definition) is 3. The van der Waals surface area contributed by atoms with Crippen molar-refractivity contribution >= 4 is 11.8 Å². The molecule has 0 fully saturated rings. The van der Waals surface area contributed by atoms with Crippen LogP contribution in [-0.2, 0) is 0 Å². The molecule has 0 aromatic heterocycles. The van der Waals surface area contributed by atoms with E-state index in [9.17, 15) is 5.11 Å². The summed E-state index contributed by atoms with van der Waals surface area (Å²) in [5.41, 5.74) is 6.21. The Balaban J connectivity index is 2.29. The molecular formula is C14H23NOS. The van der Waals surface area contributed by atoms with E-state index in [1.807, 2.05) is 18.7 Å². The Hall–Kier alpha value is -0.510. The number of aryl methyl sites for hydroxylation is 1. The zero-order valence-electron chi connectivity index (χ0n) is 10.8. The number of benzene rings is 1. The molecule has 0 saturated carbocycles. The van der Waals surface area contributed by atoms with Crippen molar-refractivity contribution in [2.24, 2.45) is 5.73 Å². The van der Waals surface area contributed by atoms with Crippen molar-refractivity contribution in [1.82, 2.24) is 0 Å². The summed E-state index contributed by atoms with van der Waals surface area (Å²) >= 11 is 1.84. The summed E-state index contributed by atoms with van der Waals surface area (Å²) in [4.78, 5) is 1.30. The number of nitrogens with two attached hydrogens (primary N) is 1. The summed E-state index contributed by atoms with van der Waals surface area (Å²) < 4.78 is 0. The van der Waals surface area contributed by atoms with E-state index in [2.05, 4.69) is 31.2 Å². The van der Waals surface area contributed by atoms with Crippen LogP contribution >= 0.6 is 11.8 Å². The van der Waals surface area contributed by atoms with Gasteiger partial charge in [0.05, 0.1) is 5.60 Å². The van der Waals surface area contributed by atoms with Gasteiger partial charge in [-0.3, -0.25) is 0 Å². The maximum Gasteiger partial charge on any atom is 0.0767 e. The van der Waals surface area contributed by atoms with Crippen LogP contribution in [0, 0.1) is 6.92 Å². The minimum absolute atomic E-state index is 0.360. The molecule has 0 bridgehead atoms. The van der Waals surface area contributed by atoms with Crippen molar-refractivity contribution in [3.63, 3.8) is 0 Å². The highest BCUT2D eigenvalue weighted by atomic mass is 32.2. The predicted molar refractivity (Wildman–Crippen MR) is 75.4 cm³/mol. The van der Waals surface area contributed by atoms with Gasteiger partial charge in [-0.15, -0.1) is 11.8 Å². The molecule has 1 unspecified atom stereocenters. The Labute approximate surface area is 109 Å². The zero-order valence-corrected chi connectivity index (χ0v) is 11.6. The molecule has 1 atom stereocenters. The van der Waals surface area contributed by atoms with E-state index in [4.69, 9.17) is 5.73 Å². The largest absolute Gasteiger partial charge is 0.389 e. The first kappa shape index (κ1) is 14.6. The van der Waals surface area contributed by atoms with Gasteiger partial charge in [-0.05, 0) is 44.1 Å². The van der Waals surface area contributed by atoms with Crippen LogP contribution in [0.2, 0.25) is 0 Å². The predicted octanol–water partition coefficient (Wildman–Crippen LogP) is 2.97. The molecule has 1 rings (SSSR count). The normalized spacial score (nSPS) is 14.6. The Morgan fingerprint density at radius 1 is 1.41 bits per heavy atom. The van der Waals surface area contributed by atoms with Crippen molar-refractivity contribution in [3.05, 3.63) is 29.8 Å². The van der Waals surface area contributed by atoms with Crippen LogP contribution in [0.4, 0.5) is 0 Å². The minimum atomic E-state index is -0.660. The highest BCUT2D eigenvalue weighted by Gasteiger charge is 2.21. The lowest BCUT2D eigenvalue weighted by molar-refractivity contribution is 0.0360. The number of thioether (sulfide) groups is 1. The highest BCUT2D eigenvalue weighted by Crippen LogP contribution is 2.23. The average molecular weight is 253 g/mol. The molecule has 0 aliphatic heterocycles. The van der Waals surface area contributed by atoms with Crippen molar-refractivity contribution in [1.29, 1.82) is 0 Å². The van der Waals surface area contributed by atoms with E-state index in [1.165, 1.54) is 10.5 Å². The van der Waals surface area contributed by atoms with Crippen LogP contribution in [-0.4, -0.2) is 23.0 Å². The molecule has 0 amide bonds. The quantitative estimate of drug-likeness (QED) is 0.580. The maximum atomic E-state index is 10.0. The molecule has 2 nitrogen and oxygen atoms in total. The molecule has 96 valence electrons. The molecule has 3 N–H and O–H groups in total. The topological polar surface area (TPSA) is 46.2 Å². The van der Waals surface area contributed by atoms with Gasteiger partial charge in [0.1, 0.15) is 0 Å². The lowest BCUT2D eigenvalue weighted by Crippen LogP contribution is -2.36. The van der Waals surface area contributed by atoms with E-state index in [-0.39, 0.29) is 0 Å². The van der Waals surface area contributed by atoms with Crippen LogP contribution in [0.15, 0.2) is 29.2 Å². The smallest absolute Gasteiger partial charge is 0.0767 e. The second-order valence-electron chi connectivity index (χ2n) is 4.55. The molecule has 0 spiro atoms. The fourth-order valence-electron chi connectivity index (χ4n) is 1.72. The first-order chi connectivity index (χ1) is 8.09. The monoisotopic (exact) mass is 253 g/mol. The van der Waals surface area contributed by atoms with E-state index in [1.54, 1.807) is 0 Å². The van der Waals surface area contributed by atoms with Crippen LogP contribution < -0.4 is 5.73 Å². The van der Waals surface area contributed by atoms with Crippen LogP contribution in [0.5, 0.6) is 0 Å². The highest BCUT2D eigenvalue weighted by molar-refractivity contribution is 7.99. The van der Waals surface area contributed by atoms with Crippen molar-refractivity contribution < 1.29 is 5.11 Å². The Kier molecular flexibility index (Phi) is 6.03. The third kappa shape index (κ3) is 5.11. The van der Waals surface area contributed by atoms with Crippen LogP contribution in [0.1, 0.15) is 31.7 Å². The lowest BCUT2D eigenvalue weighted by atomic mass is 9.95. The van der Waals surface area contributed by atoms with E-state index < -0.39 is 5.60 Å². The van der Waals surface area contributed by atoms with Gasteiger partial charge in [0.15, 0.2) is 0 Å². The van der Waals surface area contributed by atoms with Gasteiger partial charge < -0.3 is 10.8 Å². The third-order valence-corrected chi connectivity index (χ3v) is 4.16. The van der Waals surface area contributed by atoms with Crippen LogP contribution in [0.25, 0.3) is 0 Å². The van der Waals surface area contributed by atoms with E-state index in [0.29, 0.717) is 6.54 Å². The lowest BCUT2D eigenvalue weighted by Gasteiger charge is -2.24. The third-order valence-electron chi connectivity index (χ3n) is 3.08. The first-order valence-electron chi connectivity index (χ1n) is 6.21. The number of rotatable bonds is 7. The fourth-order valence-corrected chi connectivity index (χ4v) is 2.69. The summed E-state index contributed by atoms with van der Waals surface area (Å²) in [6, 6.07) is 8.51. The van der Waals surface area contributed by atoms with E-state index in [0.717, 1.165) is 25.0 Å². The molecule has 1 aromatic rings. The van der Waals surface area contributed by atoms with Crippen molar-refractivity contribution in [3.8, 4) is 0 Å². The summed E-state index contributed by atoms with van der Waals surface area (Å²) in [5, 5.41) is 10.0. The number of aliphatic hydroxyl groups is 1. The van der Waals surface area contributed by atoms with Gasteiger partial charge in [0, 0.05) is 11.4 Å².